The standard InChI is InChI=1S/C22H30ClFN2O2/c1-4-26(5-2)12-11-25-15-18-13-20(23)22(21(14-18)27-6-3)28-16-17-7-9-19(24)10-8-17/h7-10,13-14,25H,4-6,11-12,15-16H2,1-3H3. The zero-order valence-electron chi connectivity index (χ0n) is 16.9. The number of nitrogens with zero attached hydrogens (tertiary/aromatic N) is 1. The Bertz CT molecular complexity index is 721. The molecule has 0 saturated carbocycles. The Kier molecular flexibility index (Phi) is 9.55. The number of likely N-dealkylation sites (N-methyl/N-ethyl adjacent to an activating group) is 1. The molecule has 4 nitrogen and oxygen atoms in total. The summed E-state index contributed by atoms with van der Waals surface area (Å²) in [6.45, 7) is 11.8. The van der Waals surface area contributed by atoms with Gasteiger partial charge in [-0.1, -0.05) is 37.6 Å². The lowest BCUT2D eigenvalue weighted by Gasteiger charge is -2.18. The summed E-state index contributed by atoms with van der Waals surface area (Å²) in [5.74, 6) is 0.868. The van der Waals surface area contributed by atoms with Gasteiger partial charge in [-0.25, -0.2) is 4.39 Å². The Morgan fingerprint density at radius 2 is 1.71 bits per heavy atom. The van der Waals surface area contributed by atoms with Crippen LogP contribution < -0.4 is 14.8 Å². The molecule has 0 saturated heterocycles. The van der Waals surface area contributed by atoms with Gasteiger partial charge in [0.1, 0.15) is 12.4 Å². The average molecular weight is 409 g/mol. The van der Waals surface area contributed by atoms with Crippen LogP contribution in [0.4, 0.5) is 4.39 Å². The molecule has 0 aliphatic heterocycles. The average Bonchev–Trinajstić information content (AvgIpc) is 2.69. The molecule has 0 bridgehead atoms. The molecular weight excluding hydrogens is 379 g/mol. The second-order valence-electron chi connectivity index (χ2n) is 6.46. The van der Waals surface area contributed by atoms with Crippen molar-refractivity contribution >= 4 is 11.6 Å². The summed E-state index contributed by atoms with van der Waals surface area (Å²) in [5, 5.41) is 3.96. The van der Waals surface area contributed by atoms with Gasteiger partial charge in [-0.2, -0.15) is 0 Å². The van der Waals surface area contributed by atoms with E-state index >= 15 is 0 Å². The molecule has 0 unspecified atom stereocenters. The SMILES string of the molecule is CCOc1cc(CNCCN(CC)CC)cc(Cl)c1OCc1ccc(F)cc1. The van der Waals surface area contributed by atoms with Gasteiger partial charge in [0, 0.05) is 19.6 Å². The van der Waals surface area contributed by atoms with Crippen LogP contribution in [0.25, 0.3) is 0 Å². The van der Waals surface area contributed by atoms with Crippen molar-refractivity contribution in [1.82, 2.24) is 10.2 Å². The number of ether oxygens (including phenoxy) is 2. The number of rotatable bonds is 12. The Morgan fingerprint density at radius 1 is 1.00 bits per heavy atom. The molecule has 0 spiro atoms. The highest BCUT2D eigenvalue weighted by atomic mass is 35.5. The van der Waals surface area contributed by atoms with Crippen molar-refractivity contribution in [1.29, 1.82) is 0 Å². The maximum absolute atomic E-state index is 13.0. The van der Waals surface area contributed by atoms with E-state index in [9.17, 15) is 4.39 Å². The molecule has 0 heterocycles. The molecule has 6 heteroatoms. The van der Waals surface area contributed by atoms with E-state index in [1.165, 1.54) is 12.1 Å². The number of hydrogen-bond donors (Lipinski definition) is 1. The molecule has 28 heavy (non-hydrogen) atoms. The molecule has 0 aliphatic carbocycles. The second kappa shape index (κ2) is 11.9. The normalized spacial score (nSPS) is 11.1. The quantitative estimate of drug-likeness (QED) is 0.507. The van der Waals surface area contributed by atoms with Crippen LogP contribution in [0.5, 0.6) is 11.5 Å². The molecule has 2 aromatic rings. The summed E-state index contributed by atoms with van der Waals surface area (Å²) in [6, 6.07) is 10.1. The molecule has 0 amide bonds. The van der Waals surface area contributed by atoms with Crippen LogP contribution in [0, 0.1) is 5.82 Å². The van der Waals surface area contributed by atoms with E-state index in [4.69, 9.17) is 21.1 Å². The van der Waals surface area contributed by atoms with Crippen molar-refractivity contribution < 1.29 is 13.9 Å². The van der Waals surface area contributed by atoms with Crippen LogP contribution in [0.1, 0.15) is 31.9 Å². The smallest absolute Gasteiger partial charge is 0.180 e. The van der Waals surface area contributed by atoms with Gasteiger partial charge in [0.2, 0.25) is 0 Å². The zero-order valence-corrected chi connectivity index (χ0v) is 17.7. The first-order valence-corrected chi connectivity index (χ1v) is 10.2. The van der Waals surface area contributed by atoms with E-state index in [0.29, 0.717) is 36.3 Å². The van der Waals surface area contributed by atoms with Crippen molar-refractivity contribution in [2.24, 2.45) is 0 Å². The van der Waals surface area contributed by atoms with Gasteiger partial charge in [0.25, 0.3) is 0 Å². The van der Waals surface area contributed by atoms with E-state index in [-0.39, 0.29) is 5.82 Å². The summed E-state index contributed by atoms with van der Waals surface area (Å²) >= 11 is 6.47. The van der Waals surface area contributed by atoms with E-state index < -0.39 is 0 Å². The topological polar surface area (TPSA) is 33.7 Å². The van der Waals surface area contributed by atoms with Crippen LogP contribution in [0.2, 0.25) is 5.02 Å². The fourth-order valence-electron chi connectivity index (χ4n) is 2.87. The number of halogens is 2. The minimum absolute atomic E-state index is 0.269. The lowest BCUT2D eigenvalue weighted by Crippen LogP contribution is -2.31. The van der Waals surface area contributed by atoms with Gasteiger partial charge in [0.15, 0.2) is 11.5 Å². The van der Waals surface area contributed by atoms with Crippen molar-refractivity contribution in [3.63, 3.8) is 0 Å². The molecule has 0 fully saturated rings. The largest absolute Gasteiger partial charge is 0.490 e. The molecule has 0 radical (unpaired) electrons. The molecule has 0 atom stereocenters. The predicted molar refractivity (Wildman–Crippen MR) is 113 cm³/mol. The summed E-state index contributed by atoms with van der Waals surface area (Å²) in [5.41, 5.74) is 1.91. The summed E-state index contributed by atoms with van der Waals surface area (Å²) in [7, 11) is 0. The molecule has 2 aromatic carbocycles. The van der Waals surface area contributed by atoms with E-state index in [1.54, 1.807) is 12.1 Å². The van der Waals surface area contributed by atoms with Crippen molar-refractivity contribution in [2.45, 2.75) is 33.9 Å². The molecule has 2 rings (SSSR count). The van der Waals surface area contributed by atoms with E-state index in [2.05, 4.69) is 24.1 Å². The summed E-state index contributed by atoms with van der Waals surface area (Å²) in [6.07, 6.45) is 0. The molecule has 1 N–H and O–H groups in total. The predicted octanol–water partition coefficient (Wildman–Crippen LogP) is 4.89. The first kappa shape index (κ1) is 22.5. The van der Waals surface area contributed by atoms with Crippen LogP contribution in [-0.2, 0) is 13.2 Å². The Labute approximate surface area is 172 Å². The second-order valence-corrected chi connectivity index (χ2v) is 6.86. The van der Waals surface area contributed by atoms with E-state index in [1.807, 2.05) is 19.1 Å². The third kappa shape index (κ3) is 6.97. The van der Waals surface area contributed by atoms with Gasteiger partial charge in [-0.3, -0.25) is 0 Å². The van der Waals surface area contributed by atoms with Gasteiger partial charge in [-0.05, 0) is 55.4 Å². The van der Waals surface area contributed by atoms with Crippen LogP contribution >= 0.6 is 11.6 Å². The Hall–Kier alpha value is -1.82. The fraction of sp³-hybridized carbons (Fsp3) is 0.455. The first-order valence-electron chi connectivity index (χ1n) is 9.82. The maximum Gasteiger partial charge on any atom is 0.180 e. The van der Waals surface area contributed by atoms with Crippen LogP contribution in [0.15, 0.2) is 36.4 Å². The van der Waals surface area contributed by atoms with Gasteiger partial charge in [0.05, 0.1) is 11.6 Å². The summed E-state index contributed by atoms with van der Waals surface area (Å²) < 4.78 is 24.7. The lowest BCUT2D eigenvalue weighted by atomic mass is 10.2. The molecule has 154 valence electrons. The lowest BCUT2D eigenvalue weighted by molar-refractivity contribution is 0.269. The maximum atomic E-state index is 13.0. The van der Waals surface area contributed by atoms with E-state index in [0.717, 1.165) is 37.3 Å². The van der Waals surface area contributed by atoms with Gasteiger partial charge >= 0.3 is 0 Å². The monoisotopic (exact) mass is 408 g/mol. The zero-order chi connectivity index (χ0) is 20.4. The number of benzene rings is 2. The minimum atomic E-state index is -0.269. The highest BCUT2D eigenvalue weighted by Gasteiger charge is 2.13. The number of nitrogens with one attached hydrogen (secondary N) is 1. The molecular formula is C22H30ClFN2O2. The highest BCUT2D eigenvalue weighted by Crippen LogP contribution is 2.37. The Morgan fingerprint density at radius 3 is 2.36 bits per heavy atom. The first-order chi connectivity index (χ1) is 13.6. The molecule has 0 aliphatic rings. The highest BCUT2D eigenvalue weighted by molar-refractivity contribution is 6.32. The van der Waals surface area contributed by atoms with Crippen LogP contribution in [-0.4, -0.2) is 37.7 Å². The van der Waals surface area contributed by atoms with Crippen molar-refractivity contribution in [3.05, 3.63) is 58.4 Å². The molecule has 0 aromatic heterocycles. The summed E-state index contributed by atoms with van der Waals surface area (Å²) in [4.78, 5) is 2.37. The third-order valence-electron chi connectivity index (χ3n) is 4.49. The van der Waals surface area contributed by atoms with Gasteiger partial charge in [-0.15, -0.1) is 0 Å². The van der Waals surface area contributed by atoms with Crippen LogP contribution in [0.3, 0.4) is 0 Å². The van der Waals surface area contributed by atoms with Crippen molar-refractivity contribution in [3.8, 4) is 11.5 Å². The van der Waals surface area contributed by atoms with Crippen molar-refractivity contribution in [2.75, 3.05) is 32.8 Å². The van der Waals surface area contributed by atoms with Gasteiger partial charge < -0.3 is 19.7 Å². The third-order valence-corrected chi connectivity index (χ3v) is 4.77. The fourth-order valence-corrected chi connectivity index (χ4v) is 3.16. The number of hydrogen-bond acceptors (Lipinski definition) is 4. The minimum Gasteiger partial charge on any atom is -0.490 e. The Balaban J connectivity index is 2.00.